The summed E-state index contributed by atoms with van der Waals surface area (Å²) in [6.45, 7) is 2.25. The van der Waals surface area contributed by atoms with Gasteiger partial charge in [0.1, 0.15) is 0 Å². The molecule has 1 saturated heterocycles. The highest BCUT2D eigenvalue weighted by Crippen LogP contribution is 2.21. The molecule has 5 nitrogen and oxygen atoms in total. The van der Waals surface area contributed by atoms with E-state index in [-0.39, 0.29) is 5.91 Å². The first-order valence-electron chi connectivity index (χ1n) is 6.81. The SMILES string of the molecule is CN(CC1(O)CCOCC1)C(=O)CCCCCN. The molecule has 0 bridgehead atoms. The van der Waals surface area contributed by atoms with Crippen LogP contribution in [0.15, 0.2) is 0 Å². The predicted octanol–water partition coefficient (Wildman–Crippen LogP) is 0.505. The molecule has 1 aliphatic heterocycles. The monoisotopic (exact) mass is 258 g/mol. The Morgan fingerprint density at radius 3 is 2.61 bits per heavy atom. The van der Waals surface area contributed by atoms with E-state index < -0.39 is 5.60 Å². The van der Waals surface area contributed by atoms with Crippen LogP contribution in [0.5, 0.6) is 0 Å². The Labute approximate surface area is 109 Å². The maximum atomic E-state index is 11.9. The number of carbonyl (C=O) groups excluding carboxylic acids is 1. The second-order valence-corrected chi connectivity index (χ2v) is 5.19. The molecule has 0 aromatic carbocycles. The maximum Gasteiger partial charge on any atom is 0.222 e. The summed E-state index contributed by atoms with van der Waals surface area (Å²) in [5.74, 6) is 0.104. The summed E-state index contributed by atoms with van der Waals surface area (Å²) in [7, 11) is 1.76. The number of amides is 1. The molecule has 0 aliphatic carbocycles. The molecule has 0 aromatic rings. The minimum absolute atomic E-state index is 0.104. The standard InChI is InChI=1S/C13H26N2O3/c1-15(12(16)5-3-2-4-8-14)11-13(17)6-9-18-10-7-13/h17H,2-11,14H2,1H3. The molecule has 0 saturated carbocycles. The molecule has 1 amide bonds. The van der Waals surface area contributed by atoms with Gasteiger partial charge in [0, 0.05) is 46.1 Å². The van der Waals surface area contributed by atoms with Crippen molar-refractivity contribution in [3.8, 4) is 0 Å². The summed E-state index contributed by atoms with van der Waals surface area (Å²) in [5, 5.41) is 10.3. The highest BCUT2D eigenvalue weighted by atomic mass is 16.5. The molecule has 1 heterocycles. The van der Waals surface area contributed by atoms with Gasteiger partial charge in [-0.3, -0.25) is 4.79 Å². The number of nitrogens with zero attached hydrogens (tertiary/aromatic N) is 1. The normalized spacial score (nSPS) is 18.6. The highest BCUT2D eigenvalue weighted by Gasteiger charge is 2.32. The Hall–Kier alpha value is -0.650. The fourth-order valence-electron chi connectivity index (χ4n) is 2.23. The molecule has 0 atom stereocenters. The fourth-order valence-corrected chi connectivity index (χ4v) is 2.23. The van der Waals surface area contributed by atoms with E-state index in [9.17, 15) is 9.90 Å². The van der Waals surface area contributed by atoms with Crippen molar-refractivity contribution in [3.63, 3.8) is 0 Å². The van der Waals surface area contributed by atoms with Gasteiger partial charge >= 0.3 is 0 Å². The summed E-state index contributed by atoms with van der Waals surface area (Å²) in [6, 6.07) is 0. The summed E-state index contributed by atoms with van der Waals surface area (Å²) in [6.07, 6.45) is 4.60. The van der Waals surface area contributed by atoms with Gasteiger partial charge in [-0.05, 0) is 19.4 Å². The minimum Gasteiger partial charge on any atom is -0.388 e. The number of aliphatic hydroxyl groups is 1. The average Bonchev–Trinajstić information content (AvgIpc) is 2.34. The first-order chi connectivity index (χ1) is 8.57. The zero-order valence-electron chi connectivity index (χ0n) is 11.4. The third kappa shape index (κ3) is 5.33. The second kappa shape index (κ2) is 7.71. The Bertz CT molecular complexity index is 253. The van der Waals surface area contributed by atoms with E-state index in [2.05, 4.69) is 0 Å². The first kappa shape index (κ1) is 15.4. The van der Waals surface area contributed by atoms with Gasteiger partial charge in [0.05, 0.1) is 5.60 Å². The summed E-state index contributed by atoms with van der Waals surface area (Å²) in [4.78, 5) is 13.5. The lowest BCUT2D eigenvalue weighted by Gasteiger charge is -2.35. The van der Waals surface area contributed by atoms with Crippen LogP contribution < -0.4 is 5.73 Å². The topological polar surface area (TPSA) is 75.8 Å². The van der Waals surface area contributed by atoms with Crippen molar-refractivity contribution >= 4 is 5.91 Å². The van der Waals surface area contributed by atoms with Crippen LogP contribution in [0, 0.1) is 0 Å². The van der Waals surface area contributed by atoms with Crippen LogP contribution >= 0.6 is 0 Å². The van der Waals surface area contributed by atoms with E-state index in [1.165, 1.54) is 0 Å². The third-order valence-electron chi connectivity index (χ3n) is 3.48. The molecule has 0 unspecified atom stereocenters. The molecule has 18 heavy (non-hydrogen) atoms. The lowest BCUT2D eigenvalue weighted by Crippen LogP contribution is -2.47. The largest absolute Gasteiger partial charge is 0.388 e. The third-order valence-corrected chi connectivity index (χ3v) is 3.48. The number of hydrogen-bond donors (Lipinski definition) is 2. The first-order valence-corrected chi connectivity index (χ1v) is 6.81. The molecule has 106 valence electrons. The molecule has 3 N–H and O–H groups in total. The van der Waals surface area contributed by atoms with E-state index >= 15 is 0 Å². The number of ether oxygens (including phenoxy) is 1. The molecular formula is C13H26N2O3. The number of carbonyl (C=O) groups is 1. The Morgan fingerprint density at radius 2 is 2.00 bits per heavy atom. The lowest BCUT2D eigenvalue weighted by atomic mass is 9.94. The highest BCUT2D eigenvalue weighted by molar-refractivity contribution is 5.75. The predicted molar refractivity (Wildman–Crippen MR) is 70.2 cm³/mol. The number of unbranched alkanes of at least 4 members (excludes halogenated alkanes) is 2. The maximum absolute atomic E-state index is 11.9. The Morgan fingerprint density at radius 1 is 1.33 bits per heavy atom. The minimum atomic E-state index is -0.764. The zero-order valence-corrected chi connectivity index (χ0v) is 11.4. The van der Waals surface area contributed by atoms with Crippen molar-refractivity contribution in [2.24, 2.45) is 5.73 Å². The van der Waals surface area contributed by atoms with Gasteiger partial charge in [-0.1, -0.05) is 6.42 Å². The van der Waals surface area contributed by atoms with Crippen molar-refractivity contribution in [2.75, 3.05) is 33.4 Å². The number of nitrogens with two attached hydrogens (primary N) is 1. The van der Waals surface area contributed by atoms with Crippen LogP contribution in [0.25, 0.3) is 0 Å². The molecule has 1 fully saturated rings. The quantitative estimate of drug-likeness (QED) is 0.652. The number of likely N-dealkylation sites (N-methyl/N-ethyl adjacent to an activating group) is 1. The second-order valence-electron chi connectivity index (χ2n) is 5.19. The Balaban J connectivity index is 2.25. The molecule has 1 rings (SSSR count). The Kier molecular flexibility index (Phi) is 6.60. The van der Waals surface area contributed by atoms with Gasteiger partial charge in [0.15, 0.2) is 0 Å². The van der Waals surface area contributed by atoms with Gasteiger partial charge in [0.2, 0.25) is 5.91 Å². The number of rotatable bonds is 7. The molecule has 0 spiro atoms. The molecule has 5 heteroatoms. The zero-order chi connectivity index (χ0) is 13.4. The average molecular weight is 258 g/mol. The van der Waals surface area contributed by atoms with Crippen LogP contribution in [0.2, 0.25) is 0 Å². The van der Waals surface area contributed by atoms with Crippen molar-refractivity contribution in [1.82, 2.24) is 4.90 Å². The van der Waals surface area contributed by atoms with Crippen LogP contribution in [0.4, 0.5) is 0 Å². The molecule has 0 radical (unpaired) electrons. The van der Waals surface area contributed by atoms with E-state index in [4.69, 9.17) is 10.5 Å². The van der Waals surface area contributed by atoms with Gasteiger partial charge < -0.3 is 20.5 Å². The summed E-state index contributed by atoms with van der Waals surface area (Å²) in [5.41, 5.74) is 4.64. The molecule has 0 aromatic heterocycles. The van der Waals surface area contributed by atoms with E-state index in [0.29, 0.717) is 45.6 Å². The van der Waals surface area contributed by atoms with Crippen molar-refractivity contribution in [3.05, 3.63) is 0 Å². The number of hydrogen-bond acceptors (Lipinski definition) is 4. The van der Waals surface area contributed by atoms with Crippen molar-refractivity contribution in [1.29, 1.82) is 0 Å². The summed E-state index contributed by atoms with van der Waals surface area (Å²) < 4.78 is 5.22. The molecular weight excluding hydrogens is 232 g/mol. The van der Waals surface area contributed by atoms with Gasteiger partial charge in [-0.15, -0.1) is 0 Å². The van der Waals surface area contributed by atoms with Crippen molar-refractivity contribution in [2.45, 2.75) is 44.1 Å². The van der Waals surface area contributed by atoms with Gasteiger partial charge in [0.25, 0.3) is 0 Å². The fraction of sp³-hybridized carbons (Fsp3) is 0.923. The van der Waals surface area contributed by atoms with E-state index in [1.807, 2.05) is 0 Å². The smallest absolute Gasteiger partial charge is 0.222 e. The van der Waals surface area contributed by atoms with Crippen LogP contribution in [0.1, 0.15) is 38.5 Å². The lowest BCUT2D eigenvalue weighted by molar-refractivity contribution is -0.136. The van der Waals surface area contributed by atoms with Crippen LogP contribution in [0.3, 0.4) is 0 Å². The van der Waals surface area contributed by atoms with Crippen molar-refractivity contribution < 1.29 is 14.6 Å². The van der Waals surface area contributed by atoms with Gasteiger partial charge in [-0.2, -0.15) is 0 Å². The van der Waals surface area contributed by atoms with Crippen LogP contribution in [-0.4, -0.2) is 54.9 Å². The van der Waals surface area contributed by atoms with Crippen LogP contribution in [-0.2, 0) is 9.53 Å². The molecule has 1 aliphatic rings. The summed E-state index contributed by atoms with van der Waals surface area (Å²) >= 11 is 0. The van der Waals surface area contributed by atoms with Gasteiger partial charge in [-0.25, -0.2) is 0 Å². The van der Waals surface area contributed by atoms with E-state index in [0.717, 1.165) is 19.3 Å². The van der Waals surface area contributed by atoms with E-state index in [1.54, 1.807) is 11.9 Å².